The predicted octanol–water partition coefficient (Wildman–Crippen LogP) is 6.32. The predicted molar refractivity (Wildman–Crippen MR) is 258 cm³/mol. The van der Waals surface area contributed by atoms with Crippen molar-refractivity contribution < 1.29 is 37.1 Å². The normalized spacial score (nSPS) is 24.4. The summed E-state index contributed by atoms with van der Waals surface area (Å²) in [5.74, 6) is -0.0503. The number of likely N-dealkylation sites (tertiary alicyclic amines) is 1. The number of aromatic nitrogens is 2. The van der Waals surface area contributed by atoms with Crippen LogP contribution in [0.3, 0.4) is 0 Å². The van der Waals surface area contributed by atoms with Gasteiger partial charge in [-0.25, -0.2) is 13.1 Å². The first-order valence-corrected chi connectivity index (χ1v) is 25.7. The number of carbonyl (C=O) groups excluding carboxylic acids is 1. The summed E-state index contributed by atoms with van der Waals surface area (Å²) in [4.78, 5) is 43.3. The number of aromatic amines is 1. The number of H-pyrrole nitrogens is 1. The van der Waals surface area contributed by atoms with Gasteiger partial charge in [-0.1, -0.05) is 38.1 Å². The Morgan fingerprint density at radius 2 is 1.81 bits per heavy atom. The minimum absolute atomic E-state index is 0.0165. The molecule has 3 aromatic carbocycles. The summed E-state index contributed by atoms with van der Waals surface area (Å²) in [6, 6.07) is 20.9. The lowest BCUT2D eigenvalue weighted by molar-refractivity contribution is -0.384. The van der Waals surface area contributed by atoms with Gasteiger partial charge in [0, 0.05) is 79.6 Å². The minimum atomic E-state index is -4.68. The van der Waals surface area contributed by atoms with Gasteiger partial charge in [-0.2, -0.15) is 4.98 Å². The molecule has 6 aliphatic heterocycles. The minimum Gasteiger partial charge on any atom is -0.489 e. The third-order valence-electron chi connectivity index (χ3n) is 15.5. The van der Waals surface area contributed by atoms with Crippen molar-refractivity contribution in [3.8, 4) is 11.6 Å². The Balaban J connectivity index is 0.833. The third kappa shape index (κ3) is 7.91. The summed E-state index contributed by atoms with van der Waals surface area (Å²) in [6.45, 7) is 11.4. The van der Waals surface area contributed by atoms with Crippen LogP contribution in [0.1, 0.15) is 73.0 Å². The molecule has 1 amide bonds. The number of fused-ring (bicyclic) bond motifs is 4. The van der Waals surface area contributed by atoms with Crippen LogP contribution in [0.2, 0.25) is 0 Å². The summed E-state index contributed by atoms with van der Waals surface area (Å²) in [7, 11) is -4.68. The number of ether oxygens (including phenoxy) is 4. The second-order valence-corrected chi connectivity index (χ2v) is 21.9. The summed E-state index contributed by atoms with van der Waals surface area (Å²) in [6.07, 6.45) is 6.03. The van der Waals surface area contributed by atoms with E-state index >= 15 is 0 Å². The molecule has 3 N–H and O–H groups in total. The van der Waals surface area contributed by atoms with Crippen LogP contribution in [0.4, 0.5) is 28.4 Å². The van der Waals surface area contributed by atoms with Crippen LogP contribution in [0.25, 0.3) is 11.0 Å². The van der Waals surface area contributed by atoms with Gasteiger partial charge in [0.25, 0.3) is 21.6 Å². The van der Waals surface area contributed by atoms with Gasteiger partial charge in [-0.05, 0) is 79.6 Å². The lowest BCUT2D eigenvalue weighted by atomic mass is 9.60. The Morgan fingerprint density at radius 3 is 2.62 bits per heavy atom. The molecule has 362 valence electrons. The number of amides is 1. The number of nitro benzene ring substituents is 1. The van der Waals surface area contributed by atoms with Gasteiger partial charge in [-0.15, -0.1) is 0 Å². The van der Waals surface area contributed by atoms with Crippen LogP contribution >= 0.6 is 0 Å². The number of pyridine rings is 1. The number of carbonyl (C=O) groups is 1. The van der Waals surface area contributed by atoms with Crippen molar-refractivity contribution in [2.75, 3.05) is 87.4 Å². The maximum absolute atomic E-state index is 14.7. The van der Waals surface area contributed by atoms with Crippen molar-refractivity contribution in [1.82, 2.24) is 24.5 Å². The van der Waals surface area contributed by atoms with Gasteiger partial charge in [0.1, 0.15) is 24.0 Å². The van der Waals surface area contributed by atoms with Crippen LogP contribution in [-0.4, -0.2) is 136 Å². The van der Waals surface area contributed by atoms with E-state index in [0.29, 0.717) is 73.9 Å². The molecule has 8 heterocycles. The molecular weight excluding hydrogens is 903 g/mol. The Kier molecular flexibility index (Phi) is 11.0. The zero-order valence-corrected chi connectivity index (χ0v) is 39.6. The van der Waals surface area contributed by atoms with E-state index in [4.69, 9.17) is 23.9 Å². The van der Waals surface area contributed by atoms with E-state index in [1.54, 1.807) is 12.3 Å². The topological polar surface area (TPSA) is 197 Å². The second-order valence-electron chi connectivity index (χ2n) is 20.2. The molecule has 19 heteroatoms. The van der Waals surface area contributed by atoms with Crippen LogP contribution < -0.4 is 29.3 Å². The Labute approximate surface area is 400 Å². The highest BCUT2D eigenvalue weighted by molar-refractivity contribution is 7.90. The van der Waals surface area contributed by atoms with E-state index in [1.807, 2.05) is 29.2 Å². The van der Waals surface area contributed by atoms with Crippen LogP contribution in [-0.2, 0) is 19.5 Å². The molecule has 0 bridgehead atoms. The Morgan fingerprint density at radius 1 is 0.986 bits per heavy atom. The van der Waals surface area contributed by atoms with Crippen molar-refractivity contribution in [2.24, 2.45) is 5.41 Å². The number of hydrogen-bond acceptors (Lipinski definition) is 15. The molecule has 0 radical (unpaired) electrons. The summed E-state index contributed by atoms with van der Waals surface area (Å²) in [5.41, 5.74) is 5.45. The molecule has 2 aromatic heterocycles. The van der Waals surface area contributed by atoms with Crippen LogP contribution in [0.15, 0.2) is 77.8 Å². The van der Waals surface area contributed by atoms with Gasteiger partial charge < -0.3 is 39.0 Å². The molecule has 1 spiro atoms. The molecule has 5 aromatic rings. The number of morpholine rings is 1. The Hall–Kier alpha value is -5.99. The van der Waals surface area contributed by atoms with E-state index in [0.717, 1.165) is 62.7 Å². The number of anilines is 4. The fraction of sp³-hybridized carbons (Fsp3) is 0.480. The second kappa shape index (κ2) is 17.2. The monoisotopic (exact) mass is 959 g/mol. The number of rotatable bonds is 11. The van der Waals surface area contributed by atoms with E-state index in [2.05, 4.69) is 67.8 Å². The zero-order valence-electron chi connectivity index (χ0n) is 38.8. The summed E-state index contributed by atoms with van der Waals surface area (Å²) >= 11 is 0. The highest BCUT2D eigenvalue weighted by Crippen LogP contribution is 2.55. The maximum atomic E-state index is 14.7. The number of benzene rings is 3. The highest BCUT2D eigenvalue weighted by Gasteiger charge is 2.55. The quantitative estimate of drug-likeness (QED) is 0.0982. The molecule has 12 rings (SSSR count). The van der Waals surface area contributed by atoms with E-state index < -0.39 is 37.5 Å². The van der Waals surface area contributed by atoms with Crippen molar-refractivity contribution >= 4 is 55.4 Å². The van der Waals surface area contributed by atoms with Gasteiger partial charge >= 0.3 is 0 Å². The van der Waals surface area contributed by atoms with Crippen molar-refractivity contribution in [3.63, 3.8) is 0 Å². The van der Waals surface area contributed by atoms with Crippen molar-refractivity contribution in [1.29, 1.82) is 0 Å². The van der Waals surface area contributed by atoms with E-state index in [9.17, 15) is 23.3 Å². The molecule has 1 saturated carbocycles. The van der Waals surface area contributed by atoms with Crippen molar-refractivity contribution in [2.45, 2.75) is 80.6 Å². The van der Waals surface area contributed by atoms with Gasteiger partial charge in [0.05, 0.1) is 59.6 Å². The lowest BCUT2D eigenvalue weighted by Crippen LogP contribution is -2.66. The van der Waals surface area contributed by atoms with E-state index in [-0.39, 0.29) is 41.1 Å². The molecule has 7 aliphatic rings. The fourth-order valence-corrected chi connectivity index (χ4v) is 13.1. The van der Waals surface area contributed by atoms with Crippen LogP contribution in [0, 0.1) is 15.5 Å². The molecular formula is C50H57N9O9S. The van der Waals surface area contributed by atoms with Gasteiger partial charge in [-0.3, -0.25) is 24.7 Å². The summed E-state index contributed by atoms with van der Waals surface area (Å²) < 4.78 is 54.7. The average Bonchev–Trinajstić information content (AvgIpc) is 4.11. The number of nitrogens with zero attached hydrogens (tertiary/aromatic N) is 6. The van der Waals surface area contributed by atoms with Crippen molar-refractivity contribution in [3.05, 3.63) is 99.7 Å². The molecule has 18 nitrogen and oxygen atoms in total. The first-order valence-electron chi connectivity index (χ1n) is 24.2. The zero-order chi connectivity index (χ0) is 47.2. The van der Waals surface area contributed by atoms with Crippen LogP contribution in [0.5, 0.6) is 11.6 Å². The molecule has 1 aliphatic carbocycles. The molecule has 4 atom stereocenters. The van der Waals surface area contributed by atoms with E-state index in [1.165, 1.54) is 30.0 Å². The third-order valence-corrected chi connectivity index (χ3v) is 16.8. The highest BCUT2D eigenvalue weighted by atomic mass is 32.2. The number of hydrogen-bond donors (Lipinski definition) is 3. The number of nitrogens with one attached hydrogen (secondary N) is 3. The lowest BCUT2D eigenvalue weighted by Gasteiger charge is -2.62. The molecule has 4 saturated heterocycles. The average molecular weight is 960 g/mol. The SMILES string of the molecule is CC(C)c1ccccc1[C@@H]1CCCN1C1CC2(C1)CN(c1ccc(C(=O)NS(=O)(=O)c3cc4c(c([N+](=O)[O-])c3)N[C@@H](CN3CCOCC3)CO4)c(N3c4cc5cc[nH]c5nc4O[C@@H]4COC[C@H]43)c1)C2. The first-order chi connectivity index (χ1) is 33.4. The Bertz CT molecular complexity index is 2950. The molecule has 0 unspecified atom stereocenters. The molecule has 5 fully saturated rings. The largest absolute Gasteiger partial charge is 0.489 e. The standard InChI is InChI=1S/C50H57N9O9S/c1-30(2)36-6-3-4-7-37(36)39-8-5-13-57(39)34-22-50(23-34)28-56(29-50)33-9-10-38(40(19-33)58-42-18-31-11-12-51-47(31)53-49(42)68-45-27-66-26-43(45)58)48(60)54-69(63,64)35-20-41(59(61)62)46-44(21-35)67-25-32(52-46)24-55-14-16-65-17-15-55/h3-4,6-7,9-12,18-21,30,32,34,39,43,45,52H,5,8,13-17,22-29H2,1-2H3,(H,51,53)(H,54,60)/t32-,39-,43+,45+/m0/s1. The fourth-order valence-electron chi connectivity index (χ4n) is 12.1. The maximum Gasteiger partial charge on any atom is 0.297 e. The van der Waals surface area contributed by atoms with Gasteiger partial charge in [0.2, 0.25) is 5.88 Å². The number of nitro groups is 1. The summed E-state index contributed by atoms with van der Waals surface area (Å²) in [5, 5.41) is 16.5. The smallest absolute Gasteiger partial charge is 0.297 e. The number of sulfonamides is 1. The first kappa shape index (κ1) is 44.2. The molecule has 69 heavy (non-hydrogen) atoms. The van der Waals surface area contributed by atoms with Gasteiger partial charge in [0.15, 0.2) is 11.4 Å².